The summed E-state index contributed by atoms with van der Waals surface area (Å²) in [5.74, 6) is 0.417. The summed E-state index contributed by atoms with van der Waals surface area (Å²) in [6, 6.07) is 9.87. The number of fused-ring (bicyclic) bond motifs is 1. The van der Waals surface area contributed by atoms with Crippen molar-refractivity contribution in [3.8, 4) is 0 Å². The summed E-state index contributed by atoms with van der Waals surface area (Å²) in [4.78, 5) is 47.3. The first kappa shape index (κ1) is 25.2. The number of nitrogens with two attached hydrogens (primary N) is 1. The van der Waals surface area contributed by atoms with Crippen LogP contribution < -0.4 is 11.1 Å². The number of thioether (sulfide) groups is 1. The molecule has 1 aliphatic rings. The lowest BCUT2D eigenvalue weighted by atomic mass is 10.0. The minimum atomic E-state index is -0.702. The highest BCUT2D eigenvalue weighted by Gasteiger charge is 2.24. The molecule has 0 aliphatic carbocycles. The number of aryl methyl sites for hydroxylation is 1. The first-order valence-electron chi connectivity index (χ1n) is 11.5. The number of imidazole rings is 1. The van der Waals surface area contributed by atoms with Gasteiger partial charge in [-0.2, -0.15) is 0 Å². The molecule has 2 atom stereocenters. The van der Waals surface area contributed by atoms with Gasteiger partial charge in [-0.25, -0.2) is 4.98 Å². The Balaban J connectivity index is 1.55. The number of nitrogens with one attached hydrogen (secondary N) is 2. The zero-order valence-electron chi connectivity index (χ0n) is 19.6. The van der Waals surface area contributed by atoms with Crippen molar-refractivity contribution >= 4 is 52.0 Å². The van der Waals surface area contributed by atoms with Gasteiger partial charge in [-0.15, -0.1) is 11.8 Å². The van der Waals surface area contributed by atoms with Crippen molar-refractivity contribution in [2.24, 2.45) is 5.73 Å². The summed E-state index contributed by atoms with van der Waals surface area (Å²) in [6.45, 7) is 4.81. The SMILES string of the molecule is CC(=O)C(N)SC[C@H](NC(=O)c1ccc(C(=O)N2CCCC2)c(C)c1)c1nc2ccc(Cl)cc2[nH]1. The van der Waals surface area contributed by atoms with E-state index in [4.69, 9.17) is 17.3 Å². The van der Waals surface area contributed by atoms with Crippen LogP contribution >= 0.6 is 23.4 Å². The predicted molar refractivity (Wildman–Crippen MR) is 139 cm³/mol. The van der Waals surface area contributed by atoms with Crippen LogP contribution in [0.4, 0.5) is 0 Å². The van der Waals surface area contributed by atoms with Gasteiger partial charge in [0.05, 0.1) is 17.1 Å². The van der Waals surface area contributed by atoms with E-state index >= 15 is 0 Å². The first-order chi connectivity index (χ1) is 16.7. The summed E-state index contributed by atoms with van der Waals surface area (Å²) in [7, 11) is 0. The summed E-state index contributed by atoms with van der Waals surface area (Å²) in [6.07, 6.45) is 2.04. The van der Waals surface area contributed by atoms with Crippen molar-refractivity contribution in [2.75, 3.05) is 18.8 Å². The number of hydrogen-bond donors (Lipinski definition) is 3. The largest absolute Gasteiger partial charge is 0.341 e. The summed E-state index contributed by atoms with van der Waals surface area (Å²) in [5.41, 5.74) is 9.16. The van der Waals surface area contributed by atoms with Crippen LogP contribution in [0.3, 0.4) is 0 Å². The second kappa shape index (κ2) is 10.8. The number of nitrogens with zero attached hydrogens (tertiary/aromatic N) is 2. The van der Waals surface area contributed by atoms with Crippen LogP contribution in [-0.2, 0) is 4.79 Å². The summed E-state index contributed by atoms with van der Waals surface area (Å²) < 4.78 is 0. The van der Waals surface area contributed by atoms with Crippen LogP contribution in [0.5, 0.6) is 0 Å². The maximum absolute atomic E-state index is 13.2. The molecule has 1 saturated heterocycles. The van der Waals surface area contributed by atoms with Crippen LogP contribution in [0.2, 0.25) is 5.02 Å². The van der Waals surface area contributed by atoms with Gasteiger partial charge in [-0.05, 0) is 68.7 Å². The normalized spacial score (nSPS) is 15.3. The van der Waals surface area contributed by atoms with Gasteiger partial charge in [-0.3, -0.25) is 14.4 Å². The number of amides is 2. The predicted octanol–water partition coefficient (Wildman–Crippen LogP) is 3.84. The van der Waals surface area contributed by atoms with E-state index in [0.717, 1.165) is 37.0 Å². The number of carbonyl (C=O) groups excluding carboxylic acids is 3. The average Bonchev–Trinajstić information content (AvgIpc) is 3.50. The number of halogens is 1. The number of H-pyrrole nitrogens is 1. The van der Waals surface area contributed by atoms with Crippen LogP contribution in [0.25, 0.3) is 11.0 Å². The van der Waals surface area contributed by atoms with E-state index in [9.17, 15) is 14.4 Å². The fourth-order valence-electron chi connectivity index (χ4n) is 4.05. The van der Waals surface area contributed by atoms with Gasteiger partial charge in [0.2, 0.25) is 0 Å². The van der Waals surface area contributed by atoms with E-state index in [1.807, 2.05) is 11.8 Å². The third-order valence-corrected chi connectivity index (χ3v) is 7.50. The first-order valence-corrected chi connectivity index (χ1v) is 12.9. The second-order valence-electron chi connectivity index (χ2n) is 8.70. The highest BCUT2D eigenvalue weighted by Crippen LogP contribution is 2.24. The van der Waals surface area contributed by atoms with Gasteiger partial charge >= 0.3 is 0 Å². The molecule has 0 radical (unpaired) electrons. The maximum Gasteiger partial charge on any atom is 0.254 e. The minimum Gasteiger partial charge on any atom is -0.341 e. The maximum atomic E-state index is 13.2. The molecule has 2 heterocycles. The van der Waals surface area contributed by atoms with E-state index in [2.05, 4.69) is 15.3 Å². The van der Waals surface area contributed by atoms with Gasteiger partial charge in [0.1, 0.15) is 11.2 Å². The van der Waals surface area contributed by atoms with Gasteiger partial charge in [0, 0.05) is 35.0 Å². The monoisotopic (exact) mass is 513 g/mol. The van der Waals surface area contributed by atoms with E-state index in [-0.39, 0.29) is 17.6 Å². The van der Waals surface area contributed by atoms with Crippen molar-refractivity contribution < 1.29 is 14.4 Å². The van der Waals surface area contributed by atoms with Gasteiger partial charge in [-0.1, -0.05) is 11.6 Å². The molecule has 1 aliphatic heterocycles. The fourth-order valence-corrected chi connectivity index (χ4v) is 5.10. The van der Waals surface area contributed by atoms with E-state index in [1.165, 1.54) is 18.7 Å². The molecule has 4 rings (SSSR count). The molecule has 10 heteroatoms. The fraction of sp³-hybridized carbons (Fsp3) is 0.360. The van der Waals surface area contributed by atoms with E-state index in [1.54, 1.807) is 36.4 Å². The number of aromatic amines is 1. The number of hydrogen-bond acceptors (Lipinski definition) is 6. The third-order valence-electron chi connectivity index (χ3n) is 6.05. The molecular weight excluding hydrogens is 486 g/mol. The Hall–Kier alpha value is -2.88. The van der Waals surface area contributed by atoms with Crippen molar-refractivity contribution in [1.82, 2.24) is 20.2 Å². The van der Waals surface area contributed by atoms with E-state index < -0.39 is 11.4 Å². The topological polar surface area (TPSA) is 121 Å². The molecule has 0 bridgehead atoms. The van der Waals surface area contributed by atoms with Gasteiger partial charge in [0.25, 0.3) is 11.8 Å². The number of benzene rings is 2. The molecule has 1 unspecified atom stereocenters. The Morgan fingerprint density at radius 2 is 1.94 bits per heavy atom. The number of rotatable bonds is 8. The smallest absolute Gasteiger partial charge is 0.254 e. The van der Waals surface area contributed by atoms with Crippen LogP contribution in [0.1, 0.15) is 57.9 Å². The number of ketones is 1. The molecule has 0 saturated carbocycles. The van der Waals surface area contributed by atoms with Crippen molar-refractivity contribution in [2.45, 2.75) is 38.1 Å². The zero-order valence-corrected chi connectivity index (χ0v) is 21.2. The van der Waals surface area contributed by atoms with Gasteiger partial charge < -0.3 is 20.9 Å². The summed E-state index contributed by atoms with van der Waals surface area (Å²) >= 11 is 7.34. The Kier molecular flexibility index (Phi) is 7.78. The highest BCUT2D eigenvalue weighted by atomic mass is 35.5. The van der Waals surface area contributed by atoms with Crippen molar-refractivity contribution in [3.63, 3.8) is 0 Å². The third kappa shape index (κ3) is 5.86. The molecule has 1 fully saturated rings. The van der Waals surface area contributed by atoms with Crippen LogP contribution in [0, 0.1) is 6.92 Å². The van der Waals surface area contributed by atoms with Crippen LogP contribution in [0.15, 0.2) is 36.4 Å². The molecule has 8 nitrogen and oxygen atoms in total. The Morgan fingerprint density at radius 3 is 2.63 bits per heavy atom. The molecule has 4 N–H and O–H groups in total. The van der Waals surface area contributed by atoms with Crippen molar-refractivity contribution in [1.29, 1.82) is 0 Å². The average molecular weight is 514 g/mol. The summed E-state index contributed by atoms with van der Waals surface area (Å²) in [5, 5.41) is 2.87. The Labute approximate surface area is 213 Å². The molecule has 2 amide bonds. The Morgan fingerprint density at radius 1 is 1.20 bits per heavy atom. The zero-order chi connectivity index (χ0) is 25.1. The molecule has 35 heavy (non-hydrogen) atoms. The number of Topliss-reactive ketones (excluding diaryl/α,β-unsaturated/α-hetero) is 1. The molecule has 3 aromatic rings. The minimum absolute atomic E-state index is 0.000362. The molecular formula is C25H28ClN5O3S. The lowest BCUT2D eigenvalue weighted by Crippen LogP contribution is -2.33. The van der Waals surface area contributed by atoms with Gasteiger partial charge in [0.15, 0.2) is 5.78 Å². The number of aromatic nitrogens is 2. The molecule has 184 valence electrons. The molecule has 0 spiro atoms. The standard InChI is InChI=1S/C25H28ClN5O3S/c1-14-11-16(5-7-18(14)25(34)31-9-3-4-10-31)24(33)30-21(13-35-22(27)15(2)32)23-28-19-8-6-17(26)12-20(19)29-23/h5-8,11-12,21-22H,3-4,9-10,13,27H2,1-2H3,(H,28,29)(H,30,33)/t21-,22?/m0/s1. The molecule has 2 aromatic carbocycles. The second-order valence-corrected chi connectivity index (χ2v) is 10.3. The number of likely N-dealkylation sites (tertiary alicyclic amines) is 1. The van der Waals surface area contributed by atoms with Crippen molar-refractivity contribution in [3.05, 3.63) is 63.9 Å². The Bertz CT molecular complexity index is 1270. The van der Waals surface area contributed by atoms with E-state index in [0.29, 0.717) is 33.2 Å². The molecule has 1 aromatic heterocycles. The number of carbonyl (C=O) groups is 3. The lowest BCUT2D eigenvalue weighted by molar-refractivity contribution is -0.116. The quantitative estimate of drug-likeness (QED) is 0.393. The highest BCUT2D eigenvalue weighted by molar-refractivity contribution is 8.00. The lowest BCUT2D eigenvalue weighted by Gasteiger charge is -2.19. The van der Waals surface area contributed by atoms with Crippen LogP contribution in [-0.4, -0.2) is 56.7 Å².